The number of hydrogen-bond donors (Lipinski definition) is 0. The summed E-state index contributed by atoms with van der Waals surface area (Å²) in [6.45, 7) is -0.308. The summed E-state index contributed by atoms with van der Waals surface area (Å²) in [4.78, 5) is 7.57. The average molecular weight is 151 g/mol. The lowest BCUT2D eigenvalue weighted by Gasteiger charge is -2.06. The zero-order chi connectivity index (χ0) is 7.73. The van der Waals surface area contributed by atoms with Gasteiger partial charge in [0.05, 0.1) is 5.69 Å². The van der Waals surface area contributed by atoms with Gasteiger partial charge in [-0.15, -0.1) is 0 Å². The fourth-order valence-electron chi connectivity index (χ4n) is 1.17. The molecule has 1 aliphatic rings. The Kier molecular flexibility index (Phi) is 1.37. The molecule has 2 rings (SSSR count). The number of aromatic nitrogens is 2. The topological polar surface area (TPSA) is 25.8 Å². The molecule has 1 aliphatic carbocycles. The molecule has 1 fully saturated rings. The highest BCUT2D eigenvalue weighted by Crippen LogP contribution is 2.47. The molecule has 0 atom stereocenters. The van der Waals surface area contributed by atoms with Gasteiger partial charge in [-0.3, -0.25) is 4.39 Å². The predicted molar refractivity (Wildman–Crippen MR) is 37.8 cm³/mol. The molecule has 0 amide bonds. The van der Waals surface area contributed by atoms with Gasteiger partial charge in [0.2, 0.25) is 0 Å². The van der Waals surface area contributed by atoms with E-state index in [4.69, 9.17) is 0 Å². The van der Waals surface area contributed by atoms with E-state index in [1.165, 1.54) is 0 Å². The van der Waals surface area contributed by atoms with E-state index in [1.807, 2.05) is 0 Å². The first-order chi connectivity index (χ1) is 5.37. The molecular weight excluding hydrogens is 143 g/mol. The molecule has 1 aromatic rings. The SMILES string of the molecule is FCC1(c2ccn[c]n2)CC1. The van der Waals surface area contributed by atoms with Crippen molar-refractivity contribution in [2.24, 2.45) is 0 Å². The van der Waals surface area contributed by atoms with Crippen LogP contribution in [-0.2, 0) is 5.41 Å². The van der Waals surface area contributed by atoms with E-state index in [2.05, 4.69) is 16.3 Å². The summed E-state index contributed by atoms with van der Waals surface area (Å²) in [5.74, 6) is 0. The van der Waals surface area contributed by atoms with Crippen LogP contribution in [-0.4, -0.2) is 16.6 Å². The fraction of sp³-hybridized carbons (Fsp3) is 0.500. The number of nitrogens with zero attached hydrogens (tertiary/aromatic N) is 2. The van der Waals surface area contributed by atoms with Crippen LogP contribution in [0, 0.1) is 6.33 Å². The van der Waals surface area contributed by atoms with Crippen LogP contribution in [0.5, 0.6) is 0 Å². The molecule has 0 bridgehead atoms. The van der Waals surface area contributed by atoms with E-state index >= 15 is 0 Å². The molecule has 2 nitrogen and oxygen atoms in total. The Bertz CT molecular complexity index is 244. The monoisotopic (exact) mass is 151 g/mol. The lowest BCUT2D eigenvalue weighted by molar-refractivity contribution is 0.411. The molecule has 3 heteroatoms. The standard InChI is InChI=1S/C8H8FN2/c9-5-8(2-3-8)7-1-4-10-6-11-7/h1,4H,2-3,5H2. The fourth-order valence-corrected chi connectivity index (χ4v) is 1.17. The first-order valence-corrected chi connectivity index (χ1v) is 3.63. The van der Waals surface area contributed by atoms with Crippen LogP contribution in [0.4, 0.5) is 4.39 Å². The minimum Gasteiger partial charge on any atom is -0.250 e. The number of halogens is 1. The van der Waals surface area contributed by atoms with Crippen LogP contribution in [0.1, 0.15) is 18.5 Å². The predicted octanol–water partition coefficient (Wildman–Crippen LogP) is 1.28. The van der Waals surface area contributed by atoms with Gasteiger partial charge in [-0.05, 0) is 18.9 Å². The molecule has 57 valence electrons. The van der Waals surface area contributed by atoms with Crippen molar-refractivity contribution in [3.63, 3.8) is 0 Å². The highest BCUT2D eigenvalue weighted by atomic mass is 19.1. The maximum atomic E-state index is 12.4. The van der Waals surface area contributed by atoms with Gasteiger partial charge in [0.1, 0.15) is 6.67 Å². The van der Waals surface area contributed by atoms with Gasteiger partial charge in [-0.2, -0.15) is 0 Å². The lowest BCUT2D eigenvalue weighted by Crippen LogP contribution is -2.10. The van der Waals surface area contributed by atoms with Gasteiger partial charge in [-0.25, -0.2) is 9.97 Å². The minimum absolute atomic E-state index is 0.264. The van der Waals surface area contributed by atoms with Crippen molar-refractivity contribution in [2.75, 3.05) is 6.67 Å². The van der Waals surface area contributed by atoms with Crippen LogP contribution in [0.2, 0.25) is 0 Å². The maximum absolute atomic E-state index is 12.4. The Morgan fingerprint density at radius 3 is 2.91 bits per heavy atom. The van der Waals surface area contributed by atoms with E-state index in [0.29, 0.717) is 0 Å². The van der Waals surface area contributed by atoms with Crippen LogP contribution >= 0.6 is 0 Å². The van der Waals surface area contributed by atoms with Crippen LogP contribution < -0.4 is 0 Å². The molecule has 0 saturated heterocycles. The van der Waals surface area contributed by atoms with Gasteiger partial charge in [0, 0.05) is 11.6 Å². The van der Waals surface area contributed by atoms with E-state index in [-0.39, 0.29) is 12.1 Å². The Morgan fingerprint density at radius 2 is 2.45 bits per heavy atom. The van der Waals surface area contributed by atoms with Gasteiger partial charge in [0.25, 0.3) is 0 Å². The molecule has 1 radical (unpaired) electrons. The van der Waals surface area contributed by atoms with Crippen molar-refractivity contribution in [3.05, 3.63) is 24.3 Å². The zero-order valence-corrected chi connectivity index (χ0v) is 6.05. The smallest absolute Gasteiger partial charge is 0.197 e. The van der Waals surface area contributed by atoms with Crippen molar-refractivity contribution in [1.29, 1.82) is 0 Å². The van der Waals surface area contributed by atoms with Gasteiger partial charge < -0.3 is 0 Å². The Labute approximate surface area is 64.5 Å². The van der Waals surface area contributed by atoms with Crippen molar-refractivity contribution < 1.29 is 4.39 Å². The van der Waals surface area contributed by atoms with Gasteiger partial charge >= 0.3 is 0 Å². The molecule has 0 aliphatic heterocycles. The molecule has 0 unspecified atom stereocenters. The molecule has 1 heterocycles. The van der Waals surface area contributed by atoms with Crippen molar-refractivity contribution >= 4 is 0 Å². The molecule has 11 heavy (non-hydrogen) atoms. The third-order valence-corrected chi connectivity index (χ3v) is 2.19. The summed E-state index contributed by atoms with van der Waals surface area (Å²) in [5, 5.41) is 0. The van der Waals surface area contributed by atoms with Crippen molar-refractivity contribution in [3.8, 4) is 0 Å². The Morgan fingerprint density at radius 1 is 1.64 bits per heavy atom. The maximum Gasteiger partial charge on any atom is 0.197 e. The molecular formula is C8H8FN2. The van der Waals surface area contributed by atoms with Crippen molar-refractivity contribution in [2.45, 2.75) is 18.3 Å². The van der Waals surface area contributed by atoms with Crippen molar-refractivity contribution in [1.82, 2.24) is 9.97 Å². The van der Waals surface area contributed by atoms with E-state index in [1.54, 1.807) is 12.3 Å². The van der Waals surface area contributed by atoms with Gasteiger partial charge in [0.15, 0.2) is 6.33 Å². The Hall–Kier alpha value is -0.990. The van der Waals surface area contributed by atoms with Gasteiger partial charge in [-0.1, -0.05) is 0 Å². The average Bonchev–Trinajstić information content (AvgIpc) is 2.86. The number of rotatable bonds is 2. The summed E-state index contributed by atoms with van der Waals surface area (Å²) in [6, 6.07) is 1.77. The lowest BCUT2D eigenvalue weighted by atomic mass is 10.1. The van der Waals surface area contributed by atoms with Crippen LogP contribution in [0.15, 0.2) is 12.3 Å². The highest BCUT2D eigenvalue weighted by Gasteiger charge is 2.45. The van der Waals surface area contributed by atoms with E-state index in [9.17, 15) is 4.39 Å². The molecule has 1 saturated carbocycles. The number of hydrogen-bond acceptors (Lipinski definition) is 2. The quantitative estimate of drug-likeness (QED) is 0.636. The summed E-state index contributed by atoms with van der Waals surface area (Å²) < 4.78 is 12.4. The summed E-state index contributed by atoms with van der Waals surface area (Å²) in [5.41, 5.74) is 0.536. The third-order valence-electron chi connectivity index (χ3n) is 2.19. The highest BCUT2D eigenvalue weighted by molar-refractivity contribution is 5.22. The van der Waals surface area contributed by atoms with Crippen LogP contribution in [0.3, 0.4) is 0 Å². The largest absolute Gasteiger partial charge is 0.250 e. The second kappa shape index (κ2) is 2.26. The second-order valence-electron chi connectivity index (χ2n) is 2.96. The molecule has 0 spiro atoms. The zero-order valence-electron chi connectivity index (χ0n) is 6.05. The normalized spacial score (nSPS) is 19.7. The first kappa shape index (κ1) is 6.70. The van der Waals surface area contributed by atoms with E-state index in [0.717, 1.165) is 18.5 Å². The molecule has 1 aromatic heterocycles. The first-order valence-electron chi connectivity index (χ1n) is 3.63. The number of alkyl halides is 1. The summed E-state index contributed by atoms with van der Waals surface area (Å²) >= 11 is 0. The summed E-state index contributed by atoms with van der Waals surface area (Å²) in [6.07, 6.45) is 5.91. The van der Waals surface area contributed by atoms with E-state index < -0.39 is 0 Å². The molecule has 0 N–H and O–H groups in total. The minimum atomic E-state index is -0.308. The Balaban J connectivity index is 2.30. The third kappa shape index (κ3) is 1.00. The molecule has 0 aromatic carbocycles. The summed E-state index contributed by atoms with van der Waals surface area (Å²) in [7, 11) is 0. The second-order valence-corrected chi connectivity index (χ2v) is 2.96. The van der Waals surface area contributed by atoms with Crippen LogP contribution in [0.25, 0.3) is 0 Å².